The van der Waals surface area contributed by atoms with Gasteiger partial charge in [-0.15, -0.1) is 0 Å². The molecule has 0 saturated heterocycles. The molecule has 2 atom stereocenters. The van der Waals surface area contributed by atoms with E-state index in [2.05, 4.69) is 0 Å². The molecule has 0 spiro atoms. The van der Waals surface area contributed by atoms with Crippen LogP contribution in [0.4, 0.5) is 8.78 Å². The summed E-state index contributed by atoms with van der Waals surface area (Å²) >= 11 is 0. The molecule has 2 rings (SSSR count). The Morgan fingerprint density at radius 1 is 0.692 bits per heavy atom. The largest absolute Gasteiger partial charge is 0.481 e. The molecule has 2 N–H and O–H groups in total. The molecular weight excluding hydrogens is 342 g/mol. The summed E-state index contributed by atoms with van der Waals surface area (Å²) in [6.45, 7) is 0. The molecule has 6 heteroatoms. The topological polar surface area (TPSA) is 74.6 Å². The molecule has 26 heavy (non-hydrogen) atoms. The van der Waals surface area contributed by atoms with Crippen LogP contribution in [0.5, 0.6) is 0 Å². The van der Waals surface area contributed by atoms with E-state index in [0.717, 1.165) is 0 Å². The van der Waals surface area contributed by atoms with Gasteiger partial charge in [0, 0.05) is 0 Å². The van der Waals surface area contributed by atoms with Crippen molar-refractivity contribution in [3.8, 4) is 0 Å². The van der Waals surface area contributed by atoms with E-state index in [9.17, 15) is 28.6 Å². The van der Waals surface area contributed by atoms with Crippen LogP contribution in [0.1, 0.15) is 24.0 Å². The molecule has 0 radical (unpaired) electrons. The average molecular weight is 362 g/mol. The summed E-state index contributed by atoms with van der Waals surface area (Å²) in [6.07, 6.45) is 0.784. The number of rotatable bonds is 9. The van der Waals surface area contributed by atoms with Crippen LogP contribution in [0.3, 0.4) is 0 Å². The van der Waals surface area contributed by atoms with Crippen LogP contribution in [0.2, 0.25) is 0 Å². The Kier molecular flexibility index (Phi) is 6.83. The van der Waals surface area contributed by atoms with Crippen molar-refractivity contribution in [1.29, 1.82) is 0 Å². The standard InChI is InChI=1S/C20H20F2O4/c21-17-7-1-13(2-8-17)11-15(19(23)24)5-6-16(20(25)26)12-14-3-9-18(22)10-4-14/h1-4,7-10,15-16H,5-6,11-12H2,(H,23,24)(H,25,26)/t15-,16-/m1/s1. The molecule has 2 aromatic carbocycles. The van der Waals surface area contributed by atoms with Gasteiger partial charge in [-0.05, 0) is 61.1 Å². The summed E-state index contributed by atoms with van der Waals surface area (Å²) in [7, 11) is 0. The van der Waals surface area contributed by atoms with E-state index in [-0.39, 0.29) is 25.7 Å². The molecule has 0 aliphatic rings. The minimum Gasteiger partial charge on any atom is -0.481 e. The van der Waals surface area contributed by atoms with Gasteiger partial charge in [-0.1, -0.05) is 24.3 Å². The molecular formula is C20H20F2O4. The van der Waals surface area contributed by atoms with Crippen molar-refractivity contribution >= 4 is 11.9 Å². The summed E-state index contributed by atoms with van der Waals surface area (Å²) in [6, 6.07) is 11.2. The van der Waals surface area contributed by atoms with Crippen molar-refractivity contribution in [2.75, 3.05) is 0 Å². The molecule has 0 bridgehead atoms. The minimum atomic E-state index is -1.01. The summed E-state index contributed by atoms with van der Waals surface area (Å²) in [5.41, 5.74) is 1.37. The number of carboxylic acid groups (broad SMARTS) is 2. The number of halogens is 2. The van der Waals surface area contributed by atoms with Crippen molar-refractivity contribution in [2.45, 2.75) is 25.7 Å². The van der Waals surface area contributed by atoms with E-state index >= 15 is 0 Å². The summed E-state index contributed by atoms with van der Waals surface area (Å²) < 4.78 is 25.9. The summed E-state index contributed by atoms with van der Waals surface area (Å²) in [4.78, 5) is 23.0. The zero-order valence-electron chi connectivity index (χ0n) is 14.1. The monoisotopic (exact) mass is 362 g/mol. The molecule has 0 saturated carbocycles. The molecule has 2 aromatic rings. The third-order valence-corrected chi connectivity index (χ3v) is 4.35. The highest BCUT2D eigenvalue weighted by Gasteiger charge is 2.24. The van der Waals surface area contributed by atoms with Crippen molar-refractivity contribution < 1.29 is 28.6 Å². The zero-order chi connectivity index (χ0) is 19.1. The quantitative estimate of drug-likeness (QED) is 0.709. The normalized spacial score (nSPS) is 13.2. The fraction of sp³-hybridized carbons (Fsp3) is 0.300. The number of benzene rings is 2. The maximum absolute atomic E-state index is 13.0. The first kappa shape index (κ1) is 19.6. The highest BCUT2D eigenvalue weighted by molar-refractivity contribution is 5.72. The average Bonchev–Trinajstić information content (AvgIpc) is 2.60. The second-order valence-electron chi connectivity index (χ2n) is 6.31. The second-order valence-corrected chi connectivity index (χ2v) is 6.31. The Hall–Kier alpha value is -2.76. The maximum Gasteiger partial charge on any atom is 0.306 e. The first-order valence-electron chi connectivity index (χ1n) is 8.29. The van der Waals surface area contributed by atoms with Crippen molar-refractivity contribution in [3.05, 3.63) is 71.3 Å². The first-order chi connectivity index (χ1) is 12.3. The molecule has 0 amide bonds. The fourth-order valence-electron chi connectivity index (χ4n) is 2.84. The van der Waals surface area contributed by atoms with Crippen LogP contribution in [0.15, 0.2) is 48.5 Å². The molecule has 0 unspecified atom stereocenters. The van der Waals surface area contributed by atoms with Gasteiger partial charge >= 0.3 is 11.9 Å². The molecule has 4 nitrogen and oxygen atoms in total. The lowest BCUT2D eigenvalue weighted by Gasteiger charge is -2.17. The Balaban J connectivity index is 1.99. The third kappa shape index (κ3) is 5.95. The Bertz CT molecular complexity index is 676. The third-order valence-electron chi connectivity index (χ3n) is 4.35. The predicted octanol–water partition coefficient (Wildman–Crippen LogP) is 3.93. The predicted molar refractivity (Wildman–Crippen MR) is 91.7 cm³/mol. The van der Waals surface area contributed by atoms with E-state index in [1.54, 1.807) is 0 Å². The molecule has 0 fully saturated rings. The Morgan fingerprint density at radius 2 is 1.00 bits per heavy atom. The van der Waals surface area contributed by atoms with Gasteiger partial charge in [-0.2, -0.15) is 0 Å². The van der Waals surface area contributed by atoms with Gasteiger partial charge in [-0.25, -0.2) is 8.78 Å². The lowest BCUT2D eigenvalue weighted by atomic mass is 9.88. The van der Waals surface area contributed by atoms with Crippen LogP contribution < -0.4 is 0 Å². The van der Waals surface area contributed by atoms with Gasteiger partial charge in [0.15, 0.2) is 0 Å². The van der Waals surface area contributed by atoms with Gasteiger partial charge in [-0.3, -0.25) is 9.59 Å². The first-order valence-corrected chi connectivity index (χ1v) is 8.29. The van der Waals surface area contributed by atoms with Gasteiger partial charge in [0.1, 0.15) is 11.6 Å². The number of aliphatic carboxylic acids is 2. The van der Waals surface area contributed by atoms with E-state index < -0.39 is 35.4 Å². The highest BCUT2D eigenvalue weighted by atomic mass is 19.1. The molecule has 138 valence electrons. The summed E-state index contributed by atoms with van der Waals surface area (Å²) in [5.74, 6) is -4.33. The summed E-state index contributed by atoms with van der Waals surface area (Å²) in [5, 5.41) is 18.8. The van der Waals surface area contributed by atoms with Crippen LogP contribution >= 0.6 is 0 Å². The Labute approximate surface area is 150 Å². The van der Waals surface area contributed by atoms with Crippen LogP contribution in [-0.4, -0.2) is 22.2 Å². The Morgan fingerprint density at radius 3 is 1.27 bits per heavy atom. The zero-order valence-corrected chi connectivity index (χ0v) is 14.1. The van der Waals surface area contributed by atoms with Gasteiger partial charge in [0.2, 0.25) is 0 Å². The highest BCUT2D eigenvalue weighted by Crippen LogP contribution is 2.21. The lowest BCUT2D eigenvalue weighted by molar-refractivity contribution is -0.145. The smallest absolute Gasteiger partial charge is 0.306 e. The molecule has 0 heterocycles. The molecule has 0 aromatic heterocycles. The van der Waals surface area contributed by atoms with Crippen molar-refractivity contribution in [1.82, 2.24) is 0 Å². The molecule has 0 aliphatic heterocycles. The number of hydrogen-bond donors (Lipinski definition) is 2. The minimum absolute atomic E-state index is 0.185. The van der Waals surface area contributed by atoms with Crippen LogP contribution in [0.25, 0.3) is 0 Å². The number of carbonyl (C=O) groups is 2. The van der Waals surface area contributed by atoms with Crippen molar-refractivity contribution in [3.63, 3.8) is 0 Å². The second kappa shape index (κ2) is 9.08. The van der Waals surface area contributed by atoms with Crippen LogP contribution in [-0.2, 0) is 22.4 Å². The van der Waals surface area contributed by atoms with Gasteiger partial charge in [0.25, 0.3) is 0 Å². The SMILES string of the molecule is O=C(O)[C@H](CC[C@H](Cc1ccc(F)cc1)C(=O)O)Cc1ccc(F)cc1. The van der Waals surface area contributed by atoms with Crippen molar-refractivity contribution in [2.24, 2.45) is 11.8 Å². The number of hydrogen-bond acceptors (Lipinski definition) is 2. The van der Waals surface area contributed by atoms with Gasteiger partial charge in [0.05, 0.1) is 11.8 Å². The van der Waals surface area contributed by atoms with Gasteiger partial charge < -0.3 is 10.2 Å². The maximum atomic E-state index is 13.0. The fourth-order valence-corrected chi connectivity index (χ4v) is 2.84. The number of carboxylic acids is 2. The van der Waals surface area contributed by atoms with Crippen LogP contribution in [0, 0.1) is 23.5 Å². The van der Waals surface area contributed by atoms with E-state index in [1.165, 1.54) is 48.5 Å². The molecule has 0 aliphatic carbocycles. The van der Waals surface area contributed by atoms with E-state index in [1.807, 2.05) is 0 Å². The van der Waals surface area contributed by atoms with E-state index in [4.69, 9.17) is 0 Å². The van der Waals surface area contributed by atoms with E-state index in [0.29, 0.717) is 11.1 Å². The lowest BCUT2D eigenvalue weighted by Crippen LogP contribution is -2.22.